The zero-order valence-corrected chi connectivity index (χ0v) is 35.1. The molecule has 11 unspecified atom stereocenters. The maximum atomic E-state index is 12.9. The van der Waals surface area contributed by atoms with E-state index >= 15 is 0 Å². The molecule has 57 heavy (non-hydrogen) atoms. The maximum Gasteiger partial charge on any atom is 0.306 e. The molecule has 2 fully saturated rings. The Morgan fingerprint density at radius 3 is 1.65 bits per heavy atom. The first-order chi connectivity index (χ1) is 27.6. The zero-order chi connectivity index (χ0) is 41.7. The lowest BCUT2D eigenvalue weighted by molar-refractivity contribution is -0.332. The summed E-state index contributed by atoms with van der Waals surface area (Å²) in [6, 6.07) is 0. The van der Waals surface area contributed by atoms with Crippen molar-refractivity contribution in [2.45, 2.75) is 223 Å². The van der Waals surface area contributed by atoms with Gasteiger partial charge in [-0.2, -0.15) is 0 Å². The maximum absolute atomic E-state index is 12.9. The summed E-state index contributed by atoms with van der Waals surface area (Å²) in [6.45, 7) is 3.63. The van der Waals surface area contributed by atoms with Gasteiger partial charge in [0.05, 0.1) is 26.4 Å². The number of allylic oxidation sites excluding steroid dienone is 2. The van der Waals surface area contributed by atoms with Crippen LogP contribution >= 0.6 is 0 Å². The Morgan fingerprint density at radius 2 is 1.05 bits per heavy atom. The average molecular weight is 821 g/mol. The molecular formula is C43H80O14. The number of carbonyl (C=O) groups excluding carboxylic acids is 1. The van der Waals surface area contributed by atoms with Crippen molar-refractivity contribution in [3.05, 3.63) is 12.2 Å². The molecule has 0 radical (unpaired) electrons. The minimum atomic E-state index is -1.70. The first kappa shape index (κ1) is 51.9. The Labute approximate surface area is 342 Å². The van der Waals surface area contributed by atoms with Crippen LogP contribution in [0, 0.1) is 0 Å². The highest BCUT2D eigenvalue weighted by Gasteiger charge is 2.47. The summed E-state index contributed by atoms with van der Waals surface area (Å²) >= 11 is 0. The highest BCUT2D eigenvalue weighted by atomic mass is 16.7. The van der Waals surface area contributed by atoms with E-state index in [-0.39, 0.29) is 25.6 Å². The minimum absolute atomic E-state index is 0.0627. The topological polar surface area (TPSA) is 214 Å². The molecule has 0 aromatic carbocycles. The molecule has 2 saturated heterocycles. The second kappa shape index (κ2) is 32.5. The summed E-state index contributed by atoms with van der Waals surface area (Å²) in [5, 5.41) is 71.8. The molecule has 0 bridgehead atoms. The molecule has 14 nitrogen and oxygen atoms in total. The molecule has 7 N–H and O–H groups in total. The summed E-state index contributed by atoms with van der Waals surface area (Å²) in [6.07, 6.45) is 12.9. The normalized spacial score (nSPS) is 28.6. The van der Waals surface area contributed by atoms with Crippen molar-refractivity contribution >= 4 is 5.97 Å². The Morgan fingerprint density at radius 1 is 0.561 bits per heavy atom. The smallest absolute Gasteiger partial charge is 0.306 e. The van der Waals surface area contributed by atoms with Gasteiger partial charge >= 0.3 is 5.97 Å². The van der Waals surface area contributed by atoms with Gasteiger partial charge in [0.15, 0.2) is 12.6 Å². The number of ether oxygens (including phenoxy) is 6. The first-order valence-electron chi connectivity index (χ1n) is 22.3. The monoisotopic (exact) mass is 821 g/mol. The lowest BCUT2D eigenvalue weighted by Crippen LogP contribution is -2.61. The molecular weight excluding hydrogens is 740 g/mol. The van der Waals surface area contributed by atoms with Crippen molar-refractivity contribution in [3.8, 4) is 0 Å². The fraction of sp³-hybridized carbons (Fsp3) is 0.930. The average Bonchev–Trinajstić information content (AvgIpc) is 3.20. The Balaban J connectivity index is 1.83. The predicted molar refractivity (Wildman–Crippen MR) is 215 cm³/mol. The van der Waals surface area contributed by atoms with Gasteiger partial charge in [-0.05, 0) is 32.1 Å². The molecule has 336 valence electrons. The van der Waals surface area contributed by atoms with Gasteiger partial charge in [0.25, 0.3) is 0 Å². The van der Waals surface area contributed by atoms with E-state index in [1.54, 1.807) is 0 Å². The van der Waals surface area contributed by atoms with Crippen molar-refractivity contribution in [2.75, 3.05) is 33.0 Å². The molecule has 2 rings (SSSR count). The summed E-state index contributed by atoms with van der Waals surface area (Å²) in [5.41, 5.74) is 0. The molecule has 0 spiro atoms. The lowest BCUT2D eigenvalue weighted by Gasteiger charge is -2.42. The molecule has 0 aromatic heterocycles. The van der Waals surface area contributed by atoms with Crippen LogP contribution in [-0.4, -0.2) is 142 Å². The Kier molecular flexibility index (Phi) is 29.6. The van der Waals surface area contributed by atoms with E-state index in [0.29, 0.717) is 13.0 Å². The lowest BCUT2D eigenvalue weighted by atomic mass is 9.98. The van der Waals surface area contributed by atoms with Crippen LogP contribution < -0.4 is 0 Å². The van der Waals surface area contributed by atoms with Gasteiger partial charge < -0.3 is 64.2 Å². The molecule has 2 aliphatic rings. The van der Waals surface area contributed by atoms with Crippen LogP contribution in [0.1, 0.15) is 155 Å². The second-order valence-corrected chi connectivity index (χ2v) is 15.9. The summed E-state index contributed by atoms with van der Waals surface area (Å²) < 4.78 is 34.1. The van der Waals surface area contributed by atoms with Crippen LogP contribution in [0.5, 0.6) is 0 Å². The SMILES string of the molecule is CCCC/C=C\CCCCCCCC(=O)OC(COCCCCCCCCCCCCCC)COC1OC(COC2OC(CO)C(O)C(O)C2O)C(O)C(O)C1O. The molecule has 0 aromatic rings. The Bertz CT molecular complexity index is 1000. The van der Waals surface area contributed by atoms with Crippen LogP contribution in [0.15, 0.2) is 12.2 Å². The van der Waals surface area contributed by atoms with Crippen molar-refractivity contribution in [1.82, 2.24) is 0 Å². The minimum Gasteiger partial charge on any atom is -0.457 e. The quantitative estimate of drug-likeness (QED) is 0.0266. The van der Waals surface area contributed by atoms with Gasteiger partial charge in [0, 0.05) is 13.0 Å². The number of hydrogen-bond donors (Lipinski definition) is 7. The molecule has 0 saturated carbocycles. The van der Waals surface area contributed by atoms with Crippen LogP contribution in [-0.2, 0) is 33.2 Å². The number of esters is 1. The van der Waals surface area contributed by atoms with Crippen molar-refractivity contribution in [3.63, 3.8) is 0 Å². The van der Waals surface area contributed by atoms with E-state index in [1.165, 1.54) is 70.6 Å². The first-order valence-corrected chi connectivity index (χ1v) is 22.3. The number of aliphatic hydroxyl groups excluding tert-OH is 7. The molecule has 2 aliphatic heterocycles. The molecule has 14 heteroatoms. The van der Waals surface area contributed by atoms with Crippen LogP contribution in [0.3, 0.4) is 0 Å². The van der Waals surface area contributed by atoms with E-state index in [4.69, 9.17) is 28.4 Å². The summed E-state index contributed by atoms with van der Waals surface area (Å²) in [4.78, 5) is 12.9. The third-order valence-corrected chi connectivity index (χ3v) is 10.8. The van der Waals surface area contributed by atoms with Crippen molar-refractivity contribution in [1.29, 1.82) is 0 Å². The van der Waals surface area contributed by atoms with Gasteiger partial charge in [-0.1, -0.05) is 129 Å². The molecule has 0 amide bonds. The zero-order valence-electron chi connectivity index (χ0n) is 35.1. The highest BCUT2D eigenvalue weighted by Crippen LogP contribution is 2.26. The molecule has 0 aliphatic carbocycles. The van der Waals surface area contributed by atoms with E-state index < -0.39 is 80.7 Å². The molecule has 11 atom stereocenters. The Hall–Kier alpha value is -1.27. The number of aliphatic hydroxyl groups is 7. The number of unbranched alkanes of at least 4 members (excludes halogenated alkanes) is 18. The van der Waals surface area contributed by atoms with Gasteiger partial charge in [-0.15, -0.1) is 0 Å². The van der Waals surface area contributed by atoms with Crippen molar-refractivity contribution < 1.29 is 69.0 Å². The van der Waals surface area contributed by atoms with E-state index in [0.717, 1.165) is 57.8 Å². The standard InChI is InChI=1S/C43H80O14/c1-3-5-7-9-11-13-15-17-19-21-23-25-27-52-29-32(55-35(45)26-24-22-20-18-16-14-12-10-8-6-4-2)30-53-42-41(51)39(49)37(47)34(57-42)31-54-43-40(50)38(48)36(46)33(28-44)56-43/h10,12,32-34,36-44,46-51H,3-9,11,13-31H2,1-2H3/b12-10-. The number of rotatable bonds is 34. The second-order valence-electron chi connectivity index (χ2n) is 15.9. The fourth-order valence-electron chi connectivity index (χ4n) is 7.03. The third-order valence-electron chi connectivity index (χ3n) is 10.8. The van der Waals surface area contributed by atoms with Gasteiger partial charge in [0.1, 0.15) is 54.9 Å². The third kappa shape index (κ3) is 21.7. The summed E-state index contributed by atoms with van der Waals surface area (Å²) in [7, 11) is 0. The van der Waals surface area contributed by atoms with E-state index in [2.05, 4.69) is 26.0 Å². The van der Waals surface area contributed by atoms with Crippen LogP contribution in [0.4, 0.5) is 0 Å². The molecule has 2 heterocycles. The van der Waals surface area contributed by atoms with Crippen LogP contribution in [0.25, 0.3) is 0 Å². The van der Waals surface area contributed by atoms with Crippen LogP contribution in [0.2, 0.25) is 0 Å². The van der Waals surface area contributed by atoms with Crippen molar-refractivity contribution in [2.24, 2.45) is 0 Å². The predicted octanol–water partition coefficient (Wildman–Crippen LogP) is 4.73. The number of carbonyl (C=O) groups is 1. The van der Waals surface area contributed by atoms with Gasteiger partial charge in [0.2, 0.25) is 0 Å². The summed E-state index contributed by atoms with van der Waals surface area (Å²) in [5.74, 6) is -0.386. The largest absolute Gasteiger partial charge is 0.457 e. The fourth-order valence-corrected chi connectivity index (χ4v) is 7.03. The van der Waals surface area contributed by atoms with Gasteiger partial charge in [-0.3, -0.25) is 4.79 Å². The van der Waals surface area contributed by atoms with E-state index in [9.17, 15) is 40.5 Å². The highest BCUT2D eigenvalue weighted by molar-refractivity contribution is 5.69. The number of hydrogen-bond acceptors (Lipinski definition) is 14. The van der Waals surface area contributed by atoms with Gasteiger partial charge in [-0.25, -0.2) is 0 Å². The van der Waals surface area contributed by atoms with E-state index in [1.807, 2.05) is 0 Å².